The third-order valence-corrected chi connectivity index (χ3v) is 4.53. The second-order valence-corrected chi connectivity index (χ2v) is 5.55. The molecule has 1 aliphatic carbocycles. The Bertz CT molecular complexity index is 415. The summed E-state index contributed by atoms with van der Waals surface area (Å²) < 4.78 is 10.5. The zero-order chi connectivity index (χ0) is 13.1. The summed E-state index contributed by atoms with van der Waals surface area (Å²) in [5, 5.41) is 0.611. The van der Waals surface area contributed by atoms with Crippen LogP contribution in [0.15, 0.2) is 12.1 Å². The van der Waals surface area contributed by atoms with Gasteiger partial charge in [0.05, 0.1) is 19.6 Å². The highest BCUT2D eigenvalue weighted by Crippen LogP contribution is 2.45. The van der Waals surface area contributed by atoms with Crippen LogP contribution in [0.3, 0.4) is 0 Å². The van der Waals surface area contributed by atoms with Crippen LogP contribution in [-0.4, -0.2) is 14.2 Å². The number of benzene rings is 1. The SMILES string of the molecule is COc1cc(Cl)c(C(Cl)C2CCCC2)cc1OC. The predicted octanol–water partition coefficient (Wildman–Crippen LogP) is 4.83. The van der Waals surface area contributed by atoms with Crippen molar-refractivity contribution < 1.29 is 9.47 Å². The van der Waals surface area contributed by atoms with Gasteiger partial charge in [0.1, 0.15) is 0 Å². The molecule has 0 aliphatic heterocycles. The maximum Gasteiger partial charge on any atom is 0.162 e. The molecule has 1 fully saturated rings. The van der Waals surface area contributed by atoms with E-state index in [4.69, 9.17) is 32.7 Å². The highest BCUT2D eigenvalue weighted by atomic mass is 35.5. The van der Waals surface area contributed by atoms with Gasteiger partial charge < -0.3 is 9.47 Å². The lowest BCUT2D eigenvalue weighted by Gasteiger charge is -2.20. The van der Waals surface area contributed by atoms with Crippen molar-refractivity contribution in [2.24, 2.45) is 5.92 Å². The summed E-state index contributed by atoms with van der Waals surface area (Å²) >= 11 is 12.9. The molecule has 1 aliphatic rings. The molecule has 0 bridgehead atoms. The fraction of sp³-hybridized carbons (Fsp3) is 0.571. The van der Waals surface area contributed by atoms with Crippen molar-refractivity contribution in [3.63, 3.8) is 0 Å². The molecule has 100 valence electrons. The smallest absolute Gasteiger partial charge is 0.162 e. The second-order valence-electron chi connectivity index (χ2n) is 4.68. The van der Waals surface area contributed by atoms with E-state index in [2.05, 4.69) is 0 Å². The van der Waals surface area contributed by atoms with E-state index in [0.29, 0.717) is 22.4 Å². The molecule has 1 aromatic carbocycles. The van der Waals surface area contributed by atoms with Crippen molar-refractivity contribution in [3.05, 3.63) is 22.7 Å². The van der Waals surface area contributed by atoms with Crippen LogP contribution >= 0.6 is 23.2 Å². The topological polar surface area (TPSA) is 18.5 Å². The fourth-order valence-electron chi connectivity index (χ4n) is 2.59. The predicted molar refractivity (Wildman–Crippen MR) is 75.1 cm³/mol. The molecule has 0 heterocycles. The largest absolute Gasteiger partial charge is 0.493 e. The summed E-state index contributed by atoms with van der Waals surface area (Å²) in [5.74, 6) is 1.84. The molecule has 4 heteroatoms. The van der Waals surface area contributed by atoms with Crippen molar-refractivity contribution in [2.75, 3.05) is 14.2 Å². The Hall–Kier alpha value is -0.600. The normalized spacial score (nSPS) is 17.8. The van der Waals surface area contributed by atoms with Gasteiger partial charge in [0.25, 0.3) is 0 Å². The monoisotopic (exact) mass is 288 g/mol. The molecular formula is C14H18Cl2O2. The Morgan fingerprint density at radius 2 is 1.67 bits per heavy atom. The highest BCUT2D eigenvalue weighted by molar-refractivity contribution is 6.33. The Morgan fingerprint density at radius 3 is 2.22 bits per heavy atom. The summed E-state index contributed by atoms with van der Waals surface area (Å²) in [7, 11) is 3.22. The van der Waals surface area contributed by atoms with E-state index in [9.17, 15) is 0 Å². The third kappa shape index (κ3) is 2.70. The minimum atomic E-state index is -0.0418. The van der Waals surface area contributed by atoms with Gasteiger partial charge in [-0.1, -0.05) is 24.4 Å². The summed E-state index contributed by atoms with van der Waals surface area (Å²) in [6.07, 6.45) is 4.88. The average molecular weight is 289 g/mol. The molecule has 2 nitrogen and oxygen atoms in total. The maximum absolute atomic E-state index is 6.56. The van der Waals surface area contributed by atoms with Crippen molar-refractivity contribution >= 4 is 23.2 Å². The molecule has 1 atom stereocenters. The standard InChI is InChI=1S/C14H18Cl2O2/c1-17-12-7-10(11(15)8-13(12)18-2)14(16)9-5-3-4-6-9/h7-9,14H,3-6H2,1-2H3. The number of hydrogen-bond acceptors (Lipinski definition) is 2. The minimum absolute atomic E-state index is 0.0418. The molecule has 1 saturated carbocycles. The minimum Gasteiger partial charge on any atom is -0.493 e. The van der Waals surface area contributed by atoms with Gasteiger partial charge in [-0.05, 0) is 30.4 Å². The molecule has 0 radical (unpaired) electrons. The summed E-state index contributed by atoms with van der Waals surface area (Å²) in [4.78, 5) is 0. The van der Waals surface area contributed by atoms with Gasteiger partial charge in [-0.3, -0.25) is 0 Å². The van der Waals surface area contributed by atoms with Gasteiger partial charge in [0.2, 0.25) is 0 Å². The summed E-state index contributed by atoms with van der Waals surface area (Å²) in [6, 6.07) is 3.68. The van der Waals surface area contributed by atoms with Crippen LogP contribution < -0.4 is 9.47 Å². The lowest BCUT2D eigenvalue weighted by Crippen LogP contribution is -2.05. The average Bonchev–Trinajstić information content (AvgIpc) is 2.91. The first kappa shape index (κ1) is 13.8. The van der Waals surface area contributed by atoms with Gasteiger partial charge in [0.15, 0.2) is 11.5 Å². The molecule has 0 amide bonds. The van der Waals surface area contributed by atoms with Gasteiger partial charge >= 0.3 is 0 Å². The maximum atomic E-state index is 6.56. The lowest BCUT2D eigenvalue weighted by atomic mass is 9.97. The van der Waals surface area contributed by atoms with E-state index in [1.165, 1.54) is 25.7 Å². The van der Waals surface area contributed by atoms with E-state index in [1.807, 2.05) is 6.07 Å². The number of rotatable bonds is 4. The van der Waals surface area contributed by atoms with Gasteiger partial charge in [0, 0.05) is 11.1 Å². The fourth-order valence-corrected chi connectivity index (χ4v) is 3.34. The van der Waals surface area contributed by atoms with Gasteiger partial charge in [-0.25, -0.2) is 0 Å². The van der Waals surface area contributed by atoms with Gasteiger partial charge in [-0.15, -0.1) is 11.6 Å². The third-order valence-electron chi connectivity index (χ3n) is 3.61. The first-order valence-corrected chi connectivity index (χ1v) is 7.04. The van der Waals surface area contributed by atoms with Crippen LogP contribution in [0, 0.1) is 5.92 Å². The van der Waals surface area contributed by atoms with Crippen LogP contribution in [0.2, 0.25) is 5.02 Å². The van der Waals surface area contributed by atoms with E-state index in [-0.39, 0.29) is 5.38 Å². The van der Waals surface area contributed by atoms with Crippen LogP contribution in [0.5, 0.6) is 11.5 Å². The summed E-state index contributed by atoms with van der Waals surface area (Å²) in [5.41, 5.74) is 0.947. The van der Waals surface area contributed by atoms with E-state index in [1.54, 1.807) is 20.3 Å². The molecule has 1 unspecified atom stereocenters. The zero-order valence-corrected chi connectivity index (χ0v) is 12.2. The Labute approximate surface area is 118 Å². The first-order chi connectivity index (χ1) is 8.67. The van der Waals surface area contributed by atoms with Crippen molar-refractivity contribution in [1.29, 1.82) is 0 Å². The number of ether oxygens (including phenoxy) is 2. The molecule has 0 saturated heterocycles. The van der Waals surface area contributed by atoms with Crippen molar-refractivity contribution in [1.82, 2.24) is 0 Å². The number of alkyl halides is 1. The molecule has 2 rings (SSSR count). The molecule has 18 heavy (non-hydrogen) atoms. The quantitative estimate of drug-likeness (QED) is 0.739. The Balaban J connectivity index is 2.31. The molecule has 0 spiro atoms. The molecule has 1 aromatic rings. The molecule has 0 N–H and O–H groups in total. The Kier molecular flexibility index (Phi) is 4.63. The van der Waals surface area contributed by atoms with Crippen molar-refractivity contribution in [3.8, 4) is 11.5 Å². The Morgan fingerprint density at radius 1 is 1.11 bits per heavy atom. The summed E-state index contributed by atoms with van der Waals surface area (Å²) in [6.45, 7) is 0. The van der Waals surface area contributed by atoms with Crippen LogP contribution in [0.4, 0.5) is 0 Å². The number of methoxy groups -OCH3 is 2. The number of halogens is 2. The van der Waals surface area contributed by atoms with E-state index in [0.717, 1.165) is 5.56 Å². The highest BCUT2D eigenvalue weighted by Gasteiger charge is 2.27. The number of hydrogen-bond donors (Lipinski definition) is 0. The zero-order valence-electron chi connectivity index (χ0n) is 10.7. The molecule has 0 aromatic heterocycles. The lowest BCUT2D eigenvalue weighted by molar-refractivity contribution is 0.354. The van der Waals surface area contributed by atoms with E-state index >= 15 is 0 Å². The molecular weight excluding hydrogens is 271 g/mol. The van der Waals surface area contributed by atoms with Crippen LogP contribution in [0.1, 0.15) is 36.6 Å². The van der Waals surface area contributed by atoms with Crippen molar-refractivity contribution in [2.45, 2.75) is 31.1 Å². The van der Waals surface area contributed by atoms with Crippen LogP contribution in [0.25, 0.3) is 0 Å². The first-order valence-electron chi connectivity index (χ1n) is 6.23. The second kappa shape index (κ2) is 6.03. The van der Waals surface area contributed by atoms with E-state index < -0.39 is 0 Å². The van der Waals surface area contributed by atoms with Gasteiger partial charge in [-0.2, -0.15) is 0 Å². The van der Waals surface area contributed by atoms with Crippen LogP contribution in [-0.2, 0) is 0 Å².